The first-order valence-electron chi connectivity index (χ1n) is 5.15. The largest absolute Gasteiger partial charge is 0.395 e. The molecule has 2 heteroatoms. The molecule has 2 N–H and O–H groups in total. The Balaban J connectivity index is 2.18. The first kappa shape index (κ1) is 10.0. The molecule has 0 bridgehead atoms. The third-order valence-electron chi connectivity index (χ3n) is 2.97. The minimum Gasteiger partial charge on any atom is -0.395 e. The maximum Gasteiger partial charge on any atom is 0.0584 e. The van der Waals surface area contributed by atoms with Crippen molar-refractivity contribution in [3.63, 3.8) is 0 Å². The van der Waals surface area contributed by atoms with Gasteiger partial charge in [-0.05, 0) is 19.4 Å². The summed E-state index contributed by atoms with van der Waals surface area (Å²) in [6, 6.07) is 0.327. The van der Waals surface area contributed by atoms with Crippen molar-refractivity contribution >= 4 is 0 Å². The van der Waals surface area contributed by atoms with E-state index in [-0.39, 0.29) is 6.61 Å². The van der Waals surface area contributed by atoms with Crippen molar-refractivity contribution in [2.45, 2.75) is 44.6 Å². The van der Waals surface area contributed by atoms with Crippen LogP contribution in [-0.2, 0) is 0 Å². The van der Waals surface area contributed by atoms with Crippen molar-refractivity contribution in [1.29, 1.82) is 0 Å². The van der Waals surface area contributed by atoms with Crippen molar-refractivity contribution in [2.24, 2.45) is 5.92 Å². The number of hydrogen-bond donors (Lipinski definition) is 2. The zero-order chi connectivity index (χ0) is 8.81. The van der Waals surface area contributed by atoms with Crippen LogP contribution in [0.1, 0.15) is 38.5 Å². The van der Waals surface area contributed by atoms with Gasteiger partial charge in [-0.2, -0.15) is 0 Å². The zero-order valence-electron chi connectivity index (χ0n) is 8.05. The van der Waals surface area contributed by atoms with Gasteiger partial charge in [-0.1, -0.05) is 32.1 Å². The molecule has 72 valence electrons. The number of hydrogen-bond acceptors (Lipinski definition) is 2. The predicted octanol–water partition coefficient (Wildman–Crippen LogP) is 1.54. The van der Waals surface area contributed by atoms with Gasteiger partial charge in [-0.3, -0.25) is 0 Å². The SMILES string of the molecule is CN[C@@H](CO)CC1CCCCC1. The topological polar surface area (TPSA) is 32.3 Å². The number of aliphatic hydroxyl groups is 1. The lowest BCUT2D eigenvalue weighted by molar-refractivity contribution is 0.210. The highest BCUT2D eigenvalue weighted by Gasteiger charge is 2.16. The molecular weight excluding hydrogens is 150 g/mol. The van der Waals surface area contributed by atoms with E-state index >= 15 is 0 Å². The standard InChI is InChI=1S/C10H21NO/c1-11-10(8-12)7-9-5-3-2-4-6-9/h9-12H,2-8H2,1H3/t10-/m1/s1. The Bertz CT molecular complexity index is 106. The van der Waals surface area contributed by atoms with Crippen molar-refractivity contribution in [3.8, 4) is 0 Å². The quantitative estimate of drug-likeness (QED) is 0.672. The minimum atomic E-state index is 0.285. The first-order chi connectivity index (χ1) is 5.86. The summed E-state index contributed by atoms with van der Waals surface area (Å²) < 4.78 is 0. The van der Waals surface area contributed by atoms with E-state index in [2.05, 4.69) is 5.32 Å². The number of aliphatic hydroxyl groups excluding tert-OH is 1. The highest BCUT2D eigenvalue weighted by Crippen LogP contribution is 2.27. The summed E-state index contributed by atoms with van der Waals surface area (Å²) in [4.78, 5) is 0. The maximum atomic E-state index is 8.99. The molecule has 1 rings (SSSR count). The van der Waals surface area contributed by atoms with Crippen LogP contribution in [0.5, 0.6) is 0 Å². The molecule has 0 aromatic rings. The van der Waals surface area contributed by atoms with Crippen LogP contribution in [0.3, 0.4) is 0 Å². The second-order valence-corrected chi connectivity index (χ2v) is 3.91. The van der Waals surface area contributed by atoms with Crippen LogP contribution in [0, 0.1) is 5.92 Å². The number of rotatable bonds is 4. The number of nitrogens with one attached hydrogen (secondary N) is 1. The molecular formula is C10H21NO. The smallest absolute Gasteiger partial charge is 0.0584 e. The van der Waals surface area contributed by atoms with Crippen LogP contribution in [0.4, 0.5) is 0 Å². The Kier molecular flexibility index (Phi) is 4.62. The monoisotopic (exact) mass is 171 g/mol. The van der Waals surface area contributed by atoms with Gasteiger partial charge in [0, 0.05) is 6.04 Å². The van der Waals surface area contributed by atoms with E-state index in [0.717, 1.165) is 12.3 Å². The molecule has 12 heavy (non-hydrogen) atoms. The lowest BCUT2D eigenvalue weighted by atomic mass is 9.85. The van der Waals surface area contributed by atoms with Gasteiger partial charge < -0.3 is 10.4 Å². The van der Waals surface area contributed by atoms with Crippen LogP contribution in [0.25, 0.3) is 0 Å². The van der Waals surface area contributed by atoms with Gasteiger partial charge in [0.25, 0.3) is 0 Å². The van der Waals surface area contributed by atoms with Crippen molar-refractivity contribution in [1.82, 2.24) is 5.32 Å². The van der Waals surface area contributed by atoms with E-state index in [9.17, 15) is 0 Å². The molecule has 1 saturated carbocycles. The van der Waals surface area contributed by atoms with Gasteiger partial charge in [0.05, 0.1) is 6.61 Å². The lowest BCUT2D eigenvalue weighted by Gasteiger charge is -2.25. The molecule has 0 aromatic heterocycles. The maximum absolute atomic E-state index is 8.99. The Morgan fingerprint density at radius 2 is 2.00 bits per heavy atom. The summed E-state index contributed by atoms with van der Waals surface area (Å²) in [6.07, 6.45) is 8.11. The Morgan fingerprint density at radius 1 is 1.33 bits per heavy atom. The van der Waals surface area contributed by atoms with Crippen molar-refractivity contribution in [3.05, 3.63) is 0 Å². The van der Waals surface area contributed by atoms with Crippen LogP contribution in [0.15, 0.2) is 0 Å². The molecule has 1 aliphatic carbocycles. The fraction of sp³-hybridized carbons (Fsp3) is 1.00. The second kappa shape index (κ2) is 5.55. The molecule has 1 fully saturated rings. The summed E-state index contributed by atoms with van der Waals surface area (Å²) in [5.41, 5.74) is 0. The van der Waals surface area contributed by atoms with E-state index in [4.69, 9.17) is 5.11 Å². The van der Waals surface area contributed by atoms with Crippen LogP contribution in [0.2, 0.25) is 0 Å². The second-order valence-electron chi connectivity index (χ2n) is 3.91. The molecule has 0 aromatic carbocycles. The van der Waals surface area contributed by atoms with E-state index in [0.29, 0.717) is 6.04 Å². The van der Waals surface area contributed by atoms with Gasteiger partial charge in [0.2, 0.25) is 0 Å². The average molecular weight is 171 g/mol. The molecule has 0 radical (unpaired) electrons. The highest BCUT2D eigenvalue weighted by atomic mass is 16.3. The Labute approximate surface area is 75.4 Å². The molecule has 1 atom stereocenters. The van der Waals surface area contributed by atoms with Crippen molar-refractivity contribution < 1.29 is 5.11 Å². The van der Waals surface area contributed by atoms with E-state index in [1.807, 2.05) is 7.05 Å². The number of likely N-dealkylation sites (N-methyl/N-ethyl adjacent to an activating group) is 1. The zero-order valence-corrected chi connectivity index (χ0v) is 8.05. The third kappa shape index (κ3) is 3.11. The molecule has 2 nitrogen and oxygen atoms in total. The van der Waals surface area contributed by atoms with E-state index < -0.39 is 0 Å². The van der Waals surface area contributed by atoms with Gasteiger partial charge in [-0.25, -0.2) is 0 Å². The highest BCUT2D eigenvalue weighted by molar-refractivity contribution is 4.72. The van der Waals surface area contributed by atoms with Crippen LogP contribution >= 0.6 is 0 Å². The molecule has 0 aliphatic heterocycles. The fourth-order valence-electron chi connectivity index (χ4n) is 2.11. The minimum absolute atomic E-state index is 0.285. The lowest BCUT2D eigenvalue weighted by Crippen LogP contribution is -2.31. The van der Waals surface area contributed by atoms with Gasteiger partial charge >= 0.3 is 0 Å². The van der Waals surface area contributed by atoms with Gasteiger partial charge in [0.1, 0.15) is 0 Å². The molecule has 0 spiro atoms. The molecule has 0 heterocycles. The summed E-state index contributed by atoms with van der Waals surface area (Å²) in [6.45, 7) is 0.285. The van der Waals surface area contributed by atoms with Gasteiger partial charge in [0.15, 0.2) is 0 Å². The van der Waals surface area contributed by atoms with Crippen LogP contribution < -0.4 is 5.32 Å². The summed E-state index contributed by atoms with van der Waals surface area (Å²) in [5.74, 6) is 0.864. The molecule has 1 aliphatic rings. The van der Waals surface area contributed by atoms with Gasteiger partial charge in [-0.15, -0.1) is 0 Å². The van der Waals surface area contributed by atoms with Crippen LogP contribution in [-0.4, -0.2) is 24.8 Å². The summed E-state index contributed by atoms with van der Waals surface area (Å²) >= 11 is 0. The molecule has 0 saturated heterocycles. The first-order valence-corrected chi connectivity index (χ1v) is 5.15. The fourth-order valence-corrected chi connectivity index (χ4v) is 2.11. The molecule has 0 amide bonds. The Hall–Kier alpha value is -0.0800. The average Bonchev–Trinajstić information content (AvgIpc) is 2.16. The Morgan fingerprint density at radius 3 is 2.50 bits per heavy atom. The summed E-state index contributed by atoms with van der Waals surface area (Å²) in [7, 11) is 1.93. The predicted molar refractivity (Wildman–Crippen MR) is 51.1 cm³/mol. The normalized spacial score (nSPS) is 22.5. The summed E-state index contributed by atoms with van der Waals surface area (Å²) in [5, 5.41) is 12.1. The van der Waals surface area contributed by atoms with E-state index in [1.54, 1.807) is 0 Å². The van der Waals surface area contributed by atoms with Crippen molar-refractivity contribution in [2.75, 3.05) is 13.7 Å². The third-order valence-corrected chi connectivity index (χ3v) is 2.97. The van der Waals surface area contributed by atoms with E-state index in [1.165, 1.54) is 32.1 Å². The molecule has 0 unspecified atom stereocenters.